The van der Waals surface area contributed by atoms with Gasteiger partial charge in [0.2, 0.25) is 0 Å². The molecular weight excluding hydrogens is 162 g/mol. The van der Waals surface area contributed by atoms with Gasteiger partial charge in [-0.25, -0.2) is 0 Å². The van der Waals surface area contributed by atoms with E-state index in [1.807, 2.05) is 6.07 Å². The Morgan fingerprint density at radius 3 is 3.00 bits per heavy atom. The molecule has 1 heterocycles. The number of fused-ring (bicyclic) bond motifs is 1. The maximum absolute atomic E-state index is 11.5. The standard InChI is InChI=1S/C11H15NO/c1-11(2)5-3-8-4-6-12-10(13)9(8)7-11/h4,6H,3,5,7H2,1-2H3,(H,12,13). The van der Waals surface area contributed by atoms with Gasteiger partial charge < -0.3 is 4.98 Å². The first-order valence-corrected chi connectivity index (χ1v) is 4.78. The predicted octanol–water partition coefficient (Wildman–Crippen LogP) is 1.89. The Bertz CT molecular complexity index is 376. The summed E-state index contributed by atoms with van der Waals surface area (Å²) in [5, 5.41) is 0. The topological polar surface area (TPSA) is 32.9 Å². The fraction of sp³-hybridized carbons (Fsp3) is 0.545. The Balaban J connectivity index is 2.50. The molecule has 2 nitrogen and oxygen atoms in total. The van der Waals surface area contributed by atoms with Crippen molar-refractivity contribution in [3.63, 3.8) is 0 Å². The highest BCUT2D eigenvalue weighted by atomic mass is 16.1. The molecule has 0 spiro atoms. The molecule has 0 saturated carbocycles. The van der Waals surface area contributed by atoms with Crippen LogP contribution in [0.4, 0.5) is 0 Å². The molecule has 0 fully saturated rings. The third kappa shape index (κ3) is 1.53. The summed E-state index contributed by atoms with van der Waals surface area (Å²) in [5.74, 6) is 0. The molecule has 1 aliphatic rings. The van der Waals surface area contributed by atoms with Crippen LogP contribution in [0, 0.1) is 5.41 Å². The quantitative estimate of drug-likeness (QED) is 0.645. The molecule has 0 saturated heterocycles. The van der Waals surface area contributed by atoms with E-state index in [0.29, 0.717) is 5.41 Å². The van der Waals surface area contributed by atoms with Crippen LogP contribution in [0.1, 0.15) is 31.4 Å². The summed E-state index contributed by atoms with van der Waals surface area (Å²) in [4.78, 5) is 14.2. The van der Waals surface area contributed by atoms with E-state index < -0.39 is 0 Å². The molecule has 0 aromatic carbocycles. The zero-order chi connectivity index (χ0) is 9.47. The van der Waals surface area contributed by atoms with Gasteiger partial charge >= 0.3 is 0 Å². The van der Waals surface area contributed by atoms with Crippen LogP contribution in [0.5, 0.6) is 0 Å². The molecule has 1 aliphatic carbocycles. The summed E-state index contributed by atoms with van der Waals surface area (Å²) < 4.78 is 0. The maximum Gasteiger partial charge on any atom is 0.251 e. The highest BCUT2D eigenvalue weighted by Crippen LogP contribution is 2.32. The van der Waals surface area contributed by atoms with Gasteiger partial charge in [-0.05, 0) is 36.3 Å². The van der Waals surface area contributed by atoms with Crippen molar-refractivity contribution in [3.05, 3.63) is 33.7 Å². The fourth-order valence-corrected chi connectivity index (χ4v) is 2.02. The lowest BCUT2D eigenvalue weighted by molar-refractivity contribution is 0.313. The first kappa shape index (κ1) is 8.54. The van der Waals surface area contributed by atoms with Gasteiger partial charge in [0.05, 0.1) is 0 Å². The number of aromatic amines is 1. The van der Waals surface area contributed by atoms with Crippen molar-refractivity contribution in [2.75, 3.05) is 0 Å². The second kappa shape index (κ2) is 2.72. The average Bonchev–Trinajstić information content (AvgIpc) is 2.06. The highest BCUT2D eigenvalue weighted by molar-refractivity contribution is 5.27. The second-order valence-corrected chi connectivity index (χ2v) is 4.65. The summed E-state index contributed by atoms with van der Waals surface area (Å²) in [5.41, 5.74) is 2.63. The number of nitrogens with one attached hydrogen (secondary N) is 1. The third-order valence-corrected chi connectivity index (χ3v) is 2.89. The molecule has 0 radical (unpaired) electrons. The van der Waals surface area contributed by atoms with Gasteiger partial charge in [0.1, 0.15) is 0 Å². The molecular formula is C11H15NO. The van der Waals surface area contributed by atoms with Crippen molar-refractivity contribution in [2.24, 2.45) is 5.41 Å². The summed E-state index contributed by atoms with van der Waals surface area (Å²) >= 11 is 0. The number of rotatable bonds is 0. The lowest BCUT2D eigenvalue weighted by Crippen LogP contribution is -2.28. The minimum Gasteiger partial charge on any atom is -0.329 e. The van der Waals surface area contributed by atoms with Crippen molar-refractivity contribution < 1.29 is 0 Å². The first-order chi connectivity index (χ1) is 6.08. The molecule has 0 bridgehead atoms. The van der Waals surface area contributed by atoms with E-state index in [1.54, 1.807) is 6.20 Å². The lowest BCUT2D eigenvalue weighted by Gasteiger charge is -2.30. The molecule has 1 aromatic rings. The Labute approximate surface area is 78.0 Å². The van der Waals surface area contributed by atoms with Crippen LogP contribution in [0.2, 0.25) is 0 Å². The molecule has 1 aromatic heterocycles. The molecule has 0 unspecified atom stereocenters. The van der Waals surface area contributed by atoms with Crippen molar-refractivity contribution in [2.45, 2.75) is 33.1 Å². The molecule has 1 N–H and O–H groups in total. The molecule has 0 aliphatic heterocycles. The predicted molar refractivity (Wildman–Crippen MR) is 52.9 cm³/mol. The minimum absolute atomic E-state index is 0.102. The SMILES string of the molecule is CC1(C)CCc2cc[nH]c(=O)c2C1. The van der Waals surface area contributed by atoms with Gasteiger partial charge in [-0.3, -0.25) is 4.79 Å². The van der Waals surface area contributed by atoms with E-state index in [4.69, 9.17) is 0 Å². The summed E-state index contributed by atoms with van der Waals surface area (Å²) in [6, 6.07) is 2.03. The van der Waals surface area contributed by atoms with E-state index in [9.17, 15) is 4.79 Å². The highest BCUT2D eigenvalue weighted by Gasteiger charge is 2.26. The van der Waals surface area contributed by atoms with E-state index in [2.05, 4.69) is 18.8 Å². The molecule has 2 rings (SSSR count). The van der Waals surface area contributed by atoms with Crippen LogP contribution in [-0.4, -0.2) is 4.98 Å². The average molecular weight is 177 g/mol. The van der Waals surface area contributed by atoms with Gasteiger partial charge in [-0.15, -0.1) is 0 Å². The minimum atomic E-state index is 0.102. The van der Waals surface area contributed by atoms with Crippen molar-refractivity contribution in [3.8, 4) is 0 Å². The first-order valence-electron chi connectivity index (χ1n) is 4.78. The van der Waals surface area contributed by atoms with Gasteiger partial charge in [-0.2, -0.15) is 0 Å². The fourth-order valence-electron chi connectivity index (χ4n) is 2.02. The van der Waals surface area contributed by atoms with Gasteiger partial charge in [0.25, 0.3) is 5.56 Å². The largest absolute Gasteiger partial charge is 0.329 e. The molecule has 13 heavy (non-hydrogen) atoms. The number of aryl methyl sites for hydroxylation is 1. The van der Waals surface area contributed by atoms with Crippen molar-refractivity contribution in [1.82, 2.24) is 4.98 Å². The Hall–Kier alpha value is -1.05. The second-order valence-electron chi connectivity index (χ2n) is 4.65. The van der Waals surface area contributed by atoms with E-state index >= 15 is 0 Å². The smallest absolute Gasteiger partial charge is 0.251 e. The van der Waals surface area contributed by atoms with Gasteiger partial charge in [0.15, 0.2) is 0 Å². The number of aromatic nitrogens is 1. The lowest BCUT2D eigenvalue weighted by atomic mass is 9.75. The number of H-pyrrole nitrogens is 1. The molecule has 0 atom stereocenters. The van der Waals surface area contributed by atoms with Crippen molar-refractivity contribution in [1.29, 1.82) is 0 Å². The Morgan fingerprint density at radius 2 is 2.23 bits per heavy atom. The Kier molecular flexibility index (Phi) is 1.79. The van der Waals surface area contributed by atoms with Crippen LogP contribution in [0.25, 0.3) is 0 Å². The monoisotopic (exact) mass is 177 g/mol. The summed E-state index contributed by atoms with van der Waals surface area (Å²) in [6.07, 6.45) is 4.90. The zero-order valence-corrected chi connectivity index (χ0v) is 8.18. The van der Waals surface area contributed by atoms with Crippen LogP contribution in [-0.2, 0) is 12.8 Å². The number of hydrogen-bond donors (Lipinski definition) is 1. The van der Waals surface area contributed by atoms with E-state index in [0.717, 1.165) is 18.4 Å². The normalized spacial score (nSPS) is 19.5. The van der Waals surface area contributed by atoms with E-state index in [-0.39, 0.29) is 5.56 Å². The van der Waals surface area contributed by atoms with Gasteiger partial charge in [0, 0.05) is 11.8 Å². The number of pyridine rings is 1. The summed E-state index contributed by atoms with van der Waals surface area (Å²) in [6.45, 7) is 4.45. The third-order valence-electron chi connectivity index (χ3n) is 2.89. The zero-order valence-electron chi connectivity index (χ0n) is 8.18. The van der Waals surface area contributed by atoms with Crippen LogP contribution < -0.4 is 5.56 Å². The molecule has 0 amide bonds. The van der Waals surface area contributed by atoms with E-state index in [1.165, 1.54) is 12.0 Å². The maximum atomic E-state index is 11.5. The molecule has 70 valence electrons. The van der Waals surface area contributed by atoms with Crippen LogP contribution in [0.3, 0.4) is 0 Å². The Morgan fingerprint density at radius 1 is 1.46 bits per heavy atom. The van der Waals surface area contributed by atoms with Gasteiger partial charge in [-0.1, -0.05) is 13.8 Å². The summed E-state index contributed by atoms with van der Waals surface area (Å²) in [7, 11) is 0. The number of hydrogen-bond acceptors (Lipinski definition) is 1. The van der Waals surface area contributed by atoms with Crippen molar-refractivity contribution >= 4 is 0 Å². The van der Waals surface area contributed by atoms with Crippen LogP contribution in [0.15, 0.2) is 17.1 Å². The molecule has 2 heteroatoms. The van der Waals surface area contributed by atoms with Crippen LogP contribution >= 0.6 is 0 Å².